The average molecular weight is 319 g/mol. The van der Waals surface area contributed by atoms with Crippen LogP contribution in [0.5, 0.6) is 0 Å². The molecule has 1 amide bonds. The summed E-state index contributed by atoms with van der Waals surface area (Å²) in [6.07, 6.45) is 5.08. The van der Waals surface area contributed by atoms with Gasteiger partial charge in [0.2, 0.25) is 5.91 Å². The molecule has 2 rings (SSSR count). The molecular formula is C13H20Cl2N4O. The third kappa shape index (κ3) is 4.67. The first-order valence-corrected chi connectivity index (χ1v) is 6.10. The molecule has 5 nitrogen and oxygen atoms in total. The fourth-order valence-electron chi connectivity index (χ4n) is 1.83. The fraction of sp³-hybridized carbons (Fsp3) is 0.385. The van der Waals surface area contributed by atoms with E-state index >= 15 is 0 Å². The second-order valence-electron chi connectivity index (χ2n) is 4.32. The highest BCUT2D eigenvalue weighted by atomic mass is 35.5. The molecule has 112 valence electrons. The topological polar surface area (TPSA) is 72.4 Å². The van der Waals surface area contributed by atoms with E-state index in [1.165, 1.54) is 0 Å². The Balaban J connectivity index is 0.00000180. The van der Waals surface area contributed by atoms with Crippen molar-refractivity contribution in [2.24, 2.45) is 5.73 Å². The molecule has 0 bridgehead atoms. The number of hydrogen-bond donors (Lipinski definition) is 2. The molecule has 0 aliphatic heterocycles. The van der Waals surface area contributed by atoms with Gasteiger partial charge in [-0.15, -0.1) is 24.8 Å². The van der Waals surface area contributed by atoms with Gasteiger partial charge in [-0.25, -0.2) is 4.98 Å². The zero-order chi connectivity index (χ0) is 13.0. The maximum Gasteiger partial charge on any atom is 0.220 e. The van der Waals surface area contributed by atoms with Gasteiger partial charge in [-0.1, -0.05) is 6.07 Å². The van der Waals surface area contributed by atoms with Crippen molar-refractivity contribution < 1.29 is 4.79 Å². The first kappa shape index (κ1) is 18.7. The van der Waals surface area contributed by atoms with Crippen LogP contribution in [0.15, 0.2) is 24.5 Å². The molecule has 2 aromatic heterocycles. The Morgan fingerprint density at radius 3 is 2.85 bits per heavy atom. The van der Waals surface area contributed by atoms with Crippen molar-refractivity contribution in [1.29, 1.82) is 0 Å². The van der Waals surface area contributed by atoms with Crippen molar-refractivity contribution in [2.45, 2.75) is 26.3 Å². The lowest BCUT2D eigenvalue weighted by atomic mass is 10.3. The summed E-state index contributed by atoms with van der Waals surface area (Å²) in [5, 5.41) is 2.84. The smallest absolute Gasteiger partial charge is 0.220 e. The number of fused-ring (bicyclic) bond motifs is 1. The summed E-state index contributed by atoms with van der Waals surface area (Å²) in [5.74, 6) is 0.0224. The summed E-state index contributed by atoms with van der Waals surface area (Å²) < 4.78 is 1.97. The number of nitrogens with zero attached hydrogens (tertiary/aromatic N) is 2. The van der Waals surface area contributed by atoms with Crippen molar-refractivity contribution in [1.82, 2.24) is 14.7 Å². The van der Waals surface area contributed by atoms with Crippen LogP contribution in [-0.4, -0.2) is 21.8 Å². The van der Waals surface area contributed by atoms with E-state index in [-0.39, 0.29) is 30.7 Å². The Hall–Kier alpha value is -1.30. The number of imidazole rings is 1. The Bertz CT molecular complexity index is 556. The number of carbonyl (C=O) groups excluding carboxylic acids is 1. The minimum Gasteiger partial charge on any atom is -0.350 e. The minimum atomic E-state index is 0. The summed E-state index contributed by atoms with van der Waals surface area (Å²) in [4.78, 5) is 15.9. The summed E-state index contributed by atoms with van der Waals surface area (Å²) >= 11 is 0. The Morgan fingerprint density at radius 2 is 2.20 bits per heavy atom. The van der Waals surface area contributed by atoms with Crippen LogP contribution in [0, 0.1) is 6.92 Å². The second kappa shape index (κ2) is 8.79. The largest absolute Gasteiger partial charge is 0.350 e. The summed E-state index contributed by atoms with van der Waals surface area (Å²) in [6.45, 7) is 3.03. The number of aryl methyl sites for hydroxylation is 1. The molecule has 0 aromatic carbocycles. The van der Waals surface area contributed by atoms with Crippen LogP contribution >= 0.6 is 24.8 Å². The lowest BCUT2D eigenvalue weighted by Crippen LogP contribution is -2.23. The van der Waals surface area contributed by atoms with Crippen LogP contribution in [0.2, 0.25) is 0 Å². The maximum atomic E-state index is 11.5. The molecule has 2 heterocycles. The van der Waals surface area contributed by atoms with E-state index in [0.29, 0.717) is 19.5 Å². The molecule has 0 unspecified atom stereocenters. The molecule has 7 heteroatoms. The predicted octanol–water partition coefficient (Wildman–Crippen LogP) is 1.84. The number of pyridine rings is 1. The summed E-state index contributed by atoms with van der Waals surface area (Å²) in [5.41, 5.74) is 8.28. The molecule has 0 aliphatic rings. The van der Waals surface area contributed by atoms with Crippen LogP contribution in [-0.2, 0) is 11.3 Å². The number of rotatable bonds is 5. The maximum absolute atomic E-state index is 11.5. The van der Waals surface area contributed by atoms with Gasteiger partial charge in [0.25, 0.3) is 0 Å². The SMILES string of the molecule is Cc1cccn2cc(CNC(=O)CCCN)nc12.Cl.Cl. The predicted molar refractivity (Wildman–Crippen MR) is 84.6 cm³/mol. The van der Waals surface area contributed by atoms with E-state index in [2.05, 4.69) is 10.3 Å². The molecule has 0 spiro atoms. The lowest BCUT2D eigenvalue weighted by molar-refractivity contribution is -0.121. The van der Waals surface area contributed by atoms with Gasteiger partial charge in [-0.2, -0.15) is 0 Å². The number of amides is 1. The number of nitrogens with one attached hydrogen (secondary N) is 1. The van der Waals surface area contributed by atoms with Crippen LogP contribution < -0.4 is 11.1 Å². The lowest BCUT2D eigenvalue weighted by Gasteiger charge is -2.01. The molecule has 0 aliphatic carbocycles. The quantitative estimate of drug-likeness (QED) is 0.883. The van der Waals surface area contributed by atoms with Gasteiger partial charge in [0, 0.05) is 18.8 Å². The van der Waals surface area contributed by atoms with Crippen LogP contribution in [0.25, 0.3) is 5.65 Å². The van der Waals surface area contributed by atoms with E-state index in [0.717, 1.165) is 23.3 Å². The molecule has 0 radical (unpaired) electrons. The first-order chi connectivity index (χ1) is 8.70. The third-order valence-corrected chi connectivity index (χ3v) is 2.80. The summed E-state index contributed by atoms with van der Waals surface area (Å²) in [7, 11) is 0. The third-order valence-electron chi connectivity index (χ3n) is 2.80. The Kier molecular flexibility index (Phi) is 8.22. The summed E-state index contributed by atoms with van der Waals surface area (Å²) in [6, 6.07) is 4.00. The van der Waals surface area contributed by atoms with Crippen molar-refractivity contribution >= 4 is 36.4 Å². The Morgan fingerprint density at radius 1 is 1.45 bits per heavy atom. The number of nitrogens with two attached hydrogens (primary N) is 1. The highest BCUT2D eigenvalue weighted by molar-refractivity contribution is 5.85. The molecule has 3 N–H and O–H groups in total. The highest BCUT2D eigenvalue weighted by Gasteiger charge is 2.05. The molecule has 0 atom stereocenters. The van der Waals surface area contributed by atoms with Gasteiger partial charge in [0.1, 0.15) is 5.65 Å². The van der Waals surface area contributed by atoms with Gasteiger partial charge >= 0.3 is 0 Å². The minimum absolute atomic E-state index is 0. The van der Waals surface area contributed by atoms with E-state index in [1.54, 1.807) is 0 Å². The van der Waals surface area contributed by atoms with E-state index < -0.39 is 0 Å². The molecule has 0 fully saturated rings. The molecular weight excluding hydrogens is 299 g/mol. The zero-order valence-electron chi connectivity index (χ0n) is 11.3. The Labute approximate surface area is 130 Å². The van der Waals surface area contributed by atoms with Crippen LogP contribution in [0.3, 0.4) is 0 Å². The van der Waals surface area contributed by atoms with Crippen molar-refractivity contribution in [3.8, 4) is 0 Å². The highest BCUT2D eigenvalue weighted by Crippen LogP contribution is 2.09. The standard InChI is InChI=1S/C13H18N4O.2ClH/c1-10-4-3-7-17-9-11(16-13(10)17)8-15-12(18)5-2-6-14;;/h3-4,7,9H,2,5-6,8,14H2,1H3,(H,15,18);2*1H. The van der Waals surface area contributed by atoms with Crippen LogP contribution in [0.1, 0.15) is 24.1 Å². The monoisotopic (exact) mass is 318 g/mol. The van der Waals surface area contributed by atoms with Crippen molar-refractivity contribution in [3.05, 3.63) is 35.8 Å². The molecule has 20 heavy (non-hydrogen) atoms. The van der Waals surface area contributed by atoms with Gasteiger partial charge in [-0.05, 0) is 31.5 Å². The van der Waals surface area contributed by atoms with E-state index in [1.807, 2.05) is 35.9 Å². The van der Waals surface area contributed by atoms with Crippen molar-refractivity contribution in [3.63, 3.8) is 0 Å². The first-order valence-electron chi connectivity index (χ1n) is 6.10. The number of aromatic nitrogens is 2. The molecule has 0 saturated carbocycles. The van der Waals surface area contributed by atoms with Gasteiger partial charge < -0.3 is 15.5 Å². The molecule has 0 saturated heterocycles. The van der Waals surface area contributed by atoms with Crippen LogP contribution in [0.4, 0.5) is 0 Å². The van der Waals surface area contributed by atoms with Gasteiger partial charge in [0.05, 0.1) is 12.2 Å². The average Bonchev–Trinajstić information content (AvgIpc) is 2.78. The zero-order valence-corrected chi connectivity index (χ0v) is 13.0. The number of hydrogen-bond acceptors (Lipinski definition) is 3. The number of halogens is 2. The van der Waals surface area contributed by atoms with Gasteiger partial charge in [0.15, 0.2) is 0 Å². The van der Waals surface area contributed by atoms with E-state index in [4.69, 9.17) is 5.73 Å². The molecule has 2 aromatic rings. The van der Waals surface area contributed by atoms with Gasteiger partial charge in [-0.3, -0.25) is 4.79 Å². The van der Waals surface area contributed by atoms with E-state index in [9.17, 15) is 4.79 Å². The van der Waals surface area contributed by atoms with Crippen molar-refractivity contribution in [2.75, 3.05) is 6.54 Å². The number of carbonyl (C=O) groups is 1. The fourth-order valence-corrected chi connectivity index (χ4v) is 1.83. The second-order valence-corrected chi connectivity index (χ2v) is 4.32. The normalized spacial score (nSPS) is 9.70.